The lowest BCUT2D eigenvalue weighted by Gasteiger charge is -2.28. The summed E-state index contributed by atoms with van der Waals surface area (Å²) in [5, 5.41) is 10.1. The number of amides is 1. The lowest BCUT2D eigenvalue weighted by Crippen LogP contribution is -2.38. The summed E-state index contributed by atoms with van der Waals surface area (Å²) in [4.78, 5) is 14.7. The largest absolute Gasteiger partial charge is 0.395 e. The van der Waals surface area contributed by atoms with E-state index in [-0.39, 0.29) is 24.0 Å². The van der Waals surface area contributed by atoms with Gasteiger partial charge in [0.05, 0.1) is 11.5 Å². The summed E-state index contributed by atoms with van der Waals surface area (Å²) >= 11 is 0. The molecule has 0 fully saturated rings. The molecule has 0 saturated heterocycles. The molecule has 1 amide bonds. The van der Waals surface area contributed by atoms with Crippen LogP contribution in [0.15, 0.2) is 53.4 Å². The van der Waals surface area contributed by atoms with Gasteiger partial charge in [0.15, 0.2) is 0 Å². The molecule has 0 bridgehead atoms. The van der Waals surface area contributed by atoms with E-state index < -0.39 is 10.1 Å². The van der Waals surface area contributed by atoms with E-state index in [1.54, 1.807) is 15.5 Å². The summed E-state index contributed by atoms with van der Waals surface area (Å²) in [5.41, 5.74) is 2.63. The number of para-hydroxylation sites is 1. The minimum atomic E-state index is -4.35. The Labute approximate surface area is 156 Å². The highest BCUT2D eigenvalue weighted by atomic mass is 32.2. The van der Waals surface area contributed by atoms with E-state index in [0.29, 0.717) is 29.6 Å². The third-order valence-electron chi connectivity index (χ3n) is 4.86. The summed E-state index contributed by atoms with van der Waals surface area (Å²) in [6.45, 7) is 0.518. The molecule has 0 spiro atoms. The Morgan fingerprint density at radius 2 is 1.81 bits per heavy atom. The zero-order valence-electron chi connectivity index (χ0n) is 14.4. The van der Waals surface area contributed by atoms with Gasteiger partial charge in [0, 0.05) is 29.7 Å². The lowest BCUT2D eigenvalue weighted by molar-refractivity contribution is 0.0970. The molecule has 2 heterocycles. The van der Waals surface area contributed by atoms with Crippen molar-refractivity contribution in [2.24, 2.45) is 0 Å². The first-order chi connectivity index (χ1) is 12.9. The number of anilines is 1. The van der Waals surface area contributed by atoms with Crippen molar-refractivity contribution in [2.45, 2.75) is 17.9 Å². The lowest BCUT2D eigenvalue weighted by atomic mass is 10.0. The number of benzene rings is 2. The van der Waals surface area contributed by atoms with Gasteiger partial charge in [-0.05, 0) is 42.3 Å². The number of carbonyl (C=O) groups excluding carboxylic acids is 1. The van der Waals surface area contributed by atoms with Crippen molar-refractivity contribution in [2.75, 3.05) is 18.1 Å². The van der Waals surface area contributed by atoms with Crippen LogP contribution in [0.25, 0.3) is 10.9 Å². The third-order valence-corrected chi connectivity index (χ3v) is 5.71. The SMILES string of the molecule is O=C1c2c(c3cc(S(=O)(=O)O)ccc3n2CCO)CCN1c1ccccc1. The number of aromatic nitrogens is 1. The minimum absolute atomic E-state index is 0.158. The van der Waals surface area contributed by atoms with Crippen LogP contribution in [0.5, 0.6) is 0 Å². The van der Waals surface area contributed by atoms with Crippen LogP contribution in [-0.4, -0.2) is 41.7 Å². The summed E-state index contributed by atoms with van der Waals surface area (Å²) < 4.78 is 34.1. The molecule has 1 aliphatic rings. The van der Waals surface area contributed by atoms with Crippen molar-refractivity contribution < 1.29 is 22.9 Å². The van der Waals surface area contributed by atoms with E-state index in [2.05, 4.69) is 0 Å². The van der Waals surface area contributed by atoms with Gasteiger partial charge in [-0.25, -0.2) is 0 Å². The van der Waals surface area contributed by atoms with Gasteiger partial charge in [0.1, 0.15) is 5.69 Å². The van der Waals surface area contributed by atoms with Gasteiger partial charge in [-0.15, -0.1) is 0 Å². The van der Waals surface area contributed by atoms with E-state index in [4.69, 9.17) is 0 Å². The molecule has 4 rings (SSSR count). The second kappa shape index (κ2) is 6.49. The van der Waals surface area contributed by atoms with Crippen molar-refractivity contribution in [3.05, 3.63) is 59.8 Å². The van der Waals surface area contributed by atoms with Crippen molar-refractivity contribution >= 4 is 32.6 Å². The maximum atomic E-state index is 13.2. The predicted octanol–water partition coefficient (Wildman–Crippen LogP) is 2.08. The van der Waals surface area contributed by atoms with Crippen LogP contribution in [0.1, 0.15) is 16.1 Å². The molecule has 0 radical (unpaired) electrons. The van der Waals surface area contributed by atoms with E-state index in [0.717, 1.165) is 11.3 Å². The fourth-order valence-corrected chi connectivity index (χ4v) is 4.21. The third kappa shape index (κ3) is 2.91. The first-order valence-electron chi connectivity index (χ1n) is 8.52. The summed E-state index contributed by atoms with van der Waals surface area (Å²) in [5.74, 6) is -0.194. The fourth-order valence-electron chi connectivity index (χ4n) is 3.70. The molecular formula is C19H18N2O5S. The summed E-state index contributed by atoms with van der Waals surface area (Å²) in [7, 11) is -4.35. The van der Waals surface area contributed by atoms with Gasteiger partial charge in [-0.3, -0.25) is 9.35 Å². The number of hydrogen-bond donors (Lipinski definition) is 2. The van der Waals surface area contributed by atoms with E-state index in [1.165, 1.54) is 12.1 Å². The van der Waals surface area contributed by atoms with Crippen molar-refractivity contribution in [1.29, 1.82) is 0 Å². The van der Waals surface area contributed by atoms with Crippen LogP contribution in [0.3, 0.4) is 0 Å². The molecule has 3 aromatic rings. The van der Waals surface area contributed by atoms with Gasteiger partial charge in [-0.1, -0.05) is 18.2 Å². The highest BCUT2D eigenvalue weighted by Crippen LogP contribution is 2.34. The number of hydrogen-bond acceptors (Lipinski definition) is 4. The van der Waals surface area contributed by atoms with Gasteiger partial charge in [0.25, 0.3) is 16.0 Å². The molecule has 1 aliphatic heterocycles. The second-order valence-electron chi connectivity index (χ2n) is 6.40. The van der Waals surface area contributed by atoms with Gasteiger partial charge >= 0.3 is 0 Å². The fraction of sp³-hybridized carbons (Fsp3) is 0.211. The molecule has 140 valence electrons. The second-order valence-corrected chi connectivity index (χ2v) is 7.82. The average Bonchev–Trinajstić information content (AvgIpc) is 2.97. The number of aliphatic hydroxyl groups is 1. The van der Waals surface area contributed by atoms with E-state index in [9.17, 15) is 22.9 Å². The predicted molar refractivity (Wildman–Crippen MR) is 101 cm³/mol. The summed E-state index contributed by atoms with van der Waals surface area (Å²) in [6.07, 6.45) is 0.541. The van der Waals surface area contributed by atoms with E-state index >= 15 is 0 Å². The van der Waals surface area contributed by atoms with Gasteiger partial charge in [0.2, 0.25) is 0 Å². The van der Waals surface area contributed by atoms with Crippen molar-refractivity contribution in [3.8, 4) is 0 Å². The van der Waals surface area contributed by atoms with Gasteiger partial charge in [-0.2, -0.15) is 8.42 Å². The van der Waals surface area contributed by atoms with Gasteiger partial charge < -0.3 is 14.6 Å². The number of aliphatic hydroxyl groups excluding tert-OH is 1. The van der Waals surface area contributed by atoms with E-state index in [1.807, 2.05) is 30.3 Å². The highest BCUT2D eigenvalue weighted by molar-refractivity contribution is 7.85. The zero-order chi connectivity index (χ0) is 19.2. The van der Waals surface area contributed by atoms with Crippen LogP contribution < -0.4 is 4.90 Å². The Kier molecular flexibility index (Phi) is 4.26. The Bertz CT molecular complexity index is 1140. The molecule has 1 aromatic heterocycles. The molecule has 0 saturated carbocycles. The Hall–Kier alpha value is -2.68. The van der Waals surface area contributed by atoms with Crippen LogP contribution in [-0.2, 0) is 23.1 Å². The minimum Gasteiger partial charge on any atom is -0.395 e. The highest BCUT2D eigenvalue weighted by Gasteiger charge is 2.32. The van der Waals surface area contributed by atoms with Crippen LogP contribution in [0.2, 0.25) is 0 Å². The Morgan fingerprint density at radius 1 is 1.07 bits per heavy atom. The molecular weight excluding hydrogens is 368 g/mol. The first kappa shape index (κ1) is 17.7. The molecule has 8 heteroatoms. The smallest absolute Gasteiger partial charge is 0.294 e. The molecule has 0 atom stereocenters. The number of rotatable bonds is 4. The standard InChI is InChI=1S/C19H18N2O5S/c22-11-10-21-17-7-6-14(27(24,25)26)12-16(17)15-8-9-20(19(23)18(15)21)13-4-2-1-3-5-13/h1-7,12,22H,8-11H2,(H,24,25,26). The number of carbonyl (C=O) groups is 1. The zero-order valence-corrected chi connectivity index (χ0v) is 15.2. The molecule has 2 aromatic carbocycles. The maximum absolute atomic E-state index is 13.2. The summed E-state index contributed by atoms with van der Waals surface area (Å²) in [6, 6.07) is 13.6. The van der Waals surface area contributed by atoms with Crippen molar-refractivity contribution in [3.63, 3.8) is 0 Å². The number of fused-ring (bicyclic) bond motifs is 3. The quantitative estimate of drug-likeness (QED) is 0.669. The average molecular weight is 386 g/mol. The van der Waals surface area contributed by atoms with Crippen molar-refractivity contribution in [1.82, 2.24) is 4.57 Å². The maximum Gasteiger partial charge on any atom is 0.294 e. The molecule has 7 nitrogen and oxygen atoms in total. The monoisotopic (exact) mass is 386 g/mol. The number of nitrogens with zero attached hydrogens (tertiary/aromatic N) is 2. The molecule has 2 N–H and O–H groups in total. The van der Waals surface area contributed by atoms with Crippen LogP contribution in [0, 0.1) is 0 Å². The first-order valence-corrected chi connectivity index (χ1v) is 9.96. The molecule has 27 heavy (non-hydrogen) atoms. The van der Waals surface area contributed by atoms with Crippen LogP contribution >= 0.6 is 0 Å². The Morgan fingerprint density at radius 3 is 2.48 bits per heavy atom. The molecule has 0 aliphatic carbocycles. The Balaban J connectivity index is 1.93. The topological polar surface area (TPSA) is 99.8 Å². The van der Waals surface area contributed by atoms with Crippen LogP contribution in [0.4, 0.5) is 5.69 Å². The normalized spacial score (nSPS) is 14.6. The molecule has 0 unspecified atom stereocenters.